The predicted molar refractivity (Wildman–Crippen MR) is 281 cm³/mol. The highest BCUT2D eigenvalue weighted by atomic mass is 15.2. The number of benzene rings is 10. The molecule has 0 amide bonds. The number of hydrogen-bond acceptors (Lipinski definition) is 1. The van der Waals surface area contributed by atoms with Gasteiger partial charge in [-0.3, -0.25) is 0 Å². The topological polar surface area (TPSA) is 8.17 Å². The van der Waals surface area contributed by atoms with Crippen LogP contribution in [0.15, 0.2) is 237 Å². The number of para-hydroxylation sites is 4. The third-order valence-electron chi connectivity index (χ3n) is 14.0. The molecule has 2 nitrogen and oxygen atoms in total. The number of aromatic nitrogens is 1. The van der Waals surface area contributed by atoms with Crippen molar-refractivity contribution in [3.05, 3.63) is 242 Å². The van der Waals surface area contributed by atoms with Gasteiger partial charge in [0.05, 0.1) is 28.1 Å². The molecule has 1 heterocycles. The van der Waals surface area contributed by atoms with Crippen molar-refractivity contribution >= 4 is 49.6 Å². The van der Waals surface area contributed by atoms with E-state index in [1.54, 1.807) is 0 Å². The summed E-state index contributed by atoms with van der Waals surface area (Å²) in [5.41, 5.74) is 18.0. The summed E-state index contributed by atoms with van der Waals surface area (Å²) in [5.74, 6) is 0.556. The highest BCUT2D eigenvalue weighted by Gasteiger charge is 2.27. The van der Waals surface area contributed by atoms with Crippen molar-refractivity contribution in [3.8, 4) is 50.2 Å². The first-order chi connectivity index (χ1) is 32.8. The summed E-state index contributed by atoms with van der Waals surface area (Å²) in [7, 11) is 0. The van der Waals surface area contributed by atoms with Crippen LogP contribution in [0.25, 0.3) is 82.8 Å². The number of anilines is 3. The molecule has 0 bridgehead atoms. The first kappa shape index (κ1) is 39.6. The lowest BCUT2D eigenvalue weighted by atomic mass is 9.80. The fourth-order valence-electron chi connectivity index (χ4n) is 11.1. The van der Waals surface area contributed by atoms with Crippen LogP contribution in [0.1, 0.15) is 43.6 Å². The molecule has 1 saturated carbocycles. The lowest BCUT2D eigenvalue weighted by Gasteiger charge is -2.31. The predicted octanol–water partition coefficient (Wildman–Crippen LogP) is 18.1. The van der Waals surface area contributed by atoms with Crippen LogP contribution in [0.2, 0.25) is 0 Å². The monoisotopic (exact) mass is 846 g/mol. The van der Waals surface area contributed by atoms with E-state index in [0.717, 1.165) is 28.3 Å². The Morgan fingerprint density at radius 1 is 0.333 bits per heavy atom. The quantitative estimate of drug-likeness (QED) is 0.140. The Balaban J connectivity index is 1.16. The second kappa shape index (κ2) is 17.2. The zero-order valence-corrected chi connectivity index (χ0v) is 37.0. The minimum atomic E-state index is 0.556. The summed E-state index contributed by atoms with van der Waals surface area (Å²) >= 11 is 0. The SMILES string of the molecule is c1ccc(-c2ccccc2-c2ccccc2-c2ccccc2N(c2ccccc2-c2cccc3cccc(C4CCCCC4)c23)c2cccc3c2c2ccccc2n3-c2ccccc2)cc1. The van der Waals surface area contributed by atoms with Gasteiger partial charge in [-0.2, -0.15) is 0 Å². The van der Waals surface area contributed by atoms with E-state index in [2.05, 4.69) is 246 Å². The van der Waals surface area contributed by atoms with Crippen molar-refractivity contribution in [2.24, 2.45) is 0 Å². The van der Waals surface area contributed by atoms with Crippen molar-refractivity contribution in [2.45, 2.75) is 38.0 Å². The van der Waals surface area contributed by atoms with Gasteiger partial charge >= 0.3 is 0 Å². The number of hydrogen-bond donors (Lipinski definition) is 0. The maximum atomic E-state index is 2.58. The van der Waals surface area contributed by atoms with Crippen LogP contribution in [0.4, 0.5) is 17.1 Å². The highest BCUT2D eigenvalue weighted by Crippen LogP contribution is 2.51. The van der Waals surface area contributed by atoms with E-state index >= 15 is 0 Å². The average Bonchev–Trinajstić information content (AvgIpc) is 3.74. The Kier molecular flexibility index (Phi) is 10.3. The molecule has 1 aliphatic carbocycles. The summed E-state index contributed by atoms with van der Waals surface area (Å²) < 4.78 is 2.43. The van der Waals surface area contributed by atoms with Crippen LogP contribution >= 0.6 is 0 Å². The fourth-order valence-corrected chi connectivity index (χ4v) is 11.1. The number of nitrogens with zero attached hydrogens (tertiary/aromatic N) is 2. The molecule has 10 aromatic carbocycles. The van der Waals surface area contributed by atoms with Gasteiger partial charge in [-0.25, -0.2) is 0 Å². The van der Waals surface area contributed by atoms with Gasteiger partial charge in [-0.1, -0.05) is 213 Å². The highest BCUT2D eigenvalue weighted by molar-refractivity contribution is 6.18. The normalized spacial score (nSPS) is 13.1. The van der Waals surface area contributed by atoms with Crippen molar-refractivity contribution < 1.29 is 0 Å². The van der Waals surface area contributed by atoms with Crippen LogP contribution < -0.4 is 4.90 Å². The molecule has 2 heteroatoms. The molecule has 12 rings (SSSR count). The first-order valence-electron chi connectivity index (χ1n) is 23.6. The minimum absolute atomic E-state index is 0.556. The molecule has 316 valence electrons. The molecule has 66 heavy (non-hydrogen) atoms. The fraction of sp³-hybridized carbons (Fsp3) is 0.0938. The molecule has 1 fully saturated rings. The lowest BCUT2D eigenvalue weighted by Crippen LogP contribution is -2.13. The van der Waals surface area contributed by atoms with Gasteiger partial charge in [0.15, 0.2) is 0 Å². The number of fused-ring (bicyclic) bond motifs is 4. The molecule has 0 N–H and O–H groups in total. The molecule has 11 aromatic rings. The summed E-state index contributed by atoms with van der Waals surface area (Å²) in [6.07, 6.45) is 6.41. The van der Waals surface area contributed by atoms with E-state index in [-0.39, 0.29) is 0 Å². The van der Waals surface area contributed by atoms with Crippen molar-refractivity contribution in [2.75, 3.05) is 4.90 Å². The zero-order valence-electron chi connectivity index (χ0n) is 37.0. The van der Waals surface area contributed by atoms with Gasteiger partial charge < -0.3 is 9.47 Å². The summed E-state index contributed by atoms with van der Waals surface area (Å²) in [6.45, 7) is 0. The van der Waals surface area contributed by atoms with Crippen LogP contribution in [-0.2, 0) is 0 Å². The van der Waals surface area contributed by atoms with E-state index in [1.165, 1.54) is 109 Å². The van der Waals surface area contributed by atoms with E-state index in [0.29, 0.717) is 5.92 Å². The second-order valence-corrected chi connectivity index (χ2v) is 17.8. The van der Waals surface area contributed by atoms with Gasteiger partial charge in [0.2, 0.25) is 0 Å². The summed E-state index contributed by atoms with van der Waals surface area (Å²) in [6, 6.07) is 87.4. The Morgan fingerprint density at radius 2 is 0.818 bits per heavy atom. The second-order valence-electron chi connectivity index (χ2n) is 17.8. The van der Waals surface area contributed by atoms with Crippen LogP contribution in [0, 0.1) is 0 Å². The molecule has 0 unspecified atom stereocenters. The van der Waals surface area contributed by atoms with E-state index in [4.69, 9.17) is 0 Å². The molecule has 1 aliphatic rings. The summed E-state index contributed by atoms with van der Waals surface area (Å²) in [5, 5.41) is 5.12. The van der Waals surface area contributed by atoms with E-state index in [9.17, 15) is 0 Å². The van der Waals surface area contributed by atoms with Gasteiger partial charge in [0.25, 0.3) is 0 Å². The van der Waals surface area contributed by atoms with Crippen LogP contribution in [0.3, 0.4) is 0 Å². The standard InChI is InChI=1S/C64H50N2/c1-4-23-45(24-5-1)49-31-10-11-32-51(49)52-33-12-13-34-53(52)54-35-14-17-40-58(54)66(62-44-22-43-61-64(62)57-37-16-19-42-60(57)65(61)48-29-8-3-9-30-48)59-41-18-15-36-55(59)56-39-21-28-47-27-20-38-50(63(47)56)46-25-6-2-7-26-46/h1,3-5,8-24,27-44,46H,2,6-7,25-26H2. The third-order valence-corrected chi connectivity index (χ3v) is 14.0. The molecule has 0 aliphatic heterocycles. The van der Waals surface area contributed by atoms with Gasteiger partial charge in [0.1, 0.15) is 0 Å². The van der Waals surface area contributed by atoms with E-state index in [1.807, 2.05) is 0 Å². The molecule has 1 aromatic heterocycles. The average molecular weight is 847 g/mol. The zero-order chi connectivity index (χ0) is 43.8. The molecule has 0 atom stereocenters. The minimum Gasteiger partial charge on any atom is -0.309 e. The maximum absolute atomic E-state index is 2.58. The molecular formula is C64H50N2. The van der Waals surface area contributed by atoms with Crippen LogP contribution in [0.5, 0.6) is 0 Å². The van der Waals surface area contributed by atoms with Gasteiger partial charge in [0, 0.05) is 27.6 Å². The largest absolute Gasteiger partial charge is 0.309 e. The first-order valence-corrected chi connectivity index (χ1v) is 23.6. The molecule has 0 saturated heterocycles. The van der Waals surface area contributed by atoms with Gasteiger partial charge in [-0.15, -0.1) is 0 Å². The molecular weight excluding hydrogens is 797 g/mol. The van der Waals surface area contributed by atoms with Crippen molar-refractivity contribution in [3.63, 3.8) is 0 Å². The van der Waals surface area contributed by atoms with Crippen molar-refractivity contribution in [1.82, 2.24) is 4.57 Å². The summed E-state index contributed by atoms with van der Waals surface area (Å²) in [4.78, 5) is 2.58. The van der Waals surface area contributed by atoms with Gasteiger partial charge in [-0.05, 0) is 111 Å². The number of rotatable bonds is 9. The van der Waals surface area contributed by atoms with Crippen LogP contribution in [-0.4, -0.2) is 4.57 Å². The van der Waals surface area contributed by atoms with E-state index < -0.39 is 0 Å². The Morgan fingerprint density at radius 3 is 1.53 bits per heavy atom. The Bertz CT molecular complexity index is 3520. The molecule has 0 spiro atoms. The molecule has 0 radical (unpaired) electrons. The lowest BCUT2D eigenvalue weighted by molar-refractivity contribution is 0.445. The third kappa shape index (κ3) is 6.89. The maximum Gasteiger partial charge on any atom is 0.0562 e. The Labute approximate surface area is 387 Å². The Hall–Kier alpha value is -7.94. The van der Waals surface area contributed by atoms with Crippen molar-refractivity contribution in [1.29, 1.82) is 0 Å². The smallest absolute Gasteiger partial charge is 0.0562 e.